The highest BCUT2D eigenvalue weighted by atomic mass is 35.5. The van der Waals surface area contributed by atoms with Gasteiger partial charge in [-0.15, -0.1) is 0 Å². The molecule has 0 saturated carbocycles. The normalized spacial score (nSPS) is 16.1. The minimum absolute atomic E-state index is 0.226. The smallest absolute Gasteiger partial charge is 0.265 e. The third-order valence-corrected chi connectivity index (χ3v) is 3.79. The minimum atomic E-state index is -0.535. The topological polar surface area (TPSA) is 67.4 Å². The van der Waals surface area contributed by atoms with Crippen LogP contribution in [-0.4, -0.2) is 17.9 Å². The highest BCUT2D eigenvalue weighted by molar-refractivity contribution is 6.30. The maximum absolute atomic E-state index is 12.2. The van der Waals surface area contributed by atoms with E-state index in [1.807, 2.05) is 12.1 Å². The maximum atomic E-state index is 12.2. The number of carbonyl (C=O) groups excluding carboxylic acids is 2. The van der Waals surface area contributed by atoms with Crippen LogP contribution in [0.15, 0.2) is 42.5 Å². The van der Waals surface area contributed by atoms with Crippen molar-refractivity contribution in [3.05, 3.63) is 58.6 Å². The summed E-state index contributed by atoms with van der Waals surface area (Å²) >= 11 is 5.83. The van der Waals surface area contributed by atoms with Crippen molar-refractivity contribution in [1.29, 1.82) is 0 Å². The molecule has 0 saturated heterocycles. The van der Waals surface area contributed by atoms with E-state index in [9.17, 15) is 9.59 Å². The first kappa shape index (κ1) is 15.4. The molecule has 118 valence electrons. The van der Waals surface area contributed by atoms with Gasteiger partial charge in [0.05, 0.1) is 5.69 Å². The summed E-state index contributed by atoms with van der Waals surface area (Å²) in [5.74, 6) is 0.109. The van der Waals surface area contributed by atoms with Crippen molar-refractivity contribution in [2.45, 2.75) is 19.6 Å². The Hall–Kier alpha value is -2.53. The van der Waals surface area contributed by atoms with Gasteiger partial charge in [0, 0.05) is 17.1 Å². The Labute approximate surface area is 138 Å². The fourth-order valence-corrected chi connectivity index (χ4v) is 2.36. The van der Waals surface area contributed by atoms with Crippen LogP contribution in [0.5, 0.6) is 5.75 Å². The Kier molecular flexibility index (Phi) is 4.21. The van der Waals surface area contributed by atoms with Crippen LogP contribution in [0.2, 0.25) is 5.02 Å². The van der Waals surface area contributed by atoms with Gasteiger partial charge in [0.1, 0.15) is 5.75 Å². The fourth-order valence-electron chi connectivity index (χ4n) is 2.24. The largest absolute Gasteiger partial charge is 0.479 e. The predicted molar refractivity (Wildman–Crippen MR) is 87.8 cm³/mol. The number of halogens is 1. The highest BCUT2D eigenvalue weighted by Crippen LogP contribution is 2.30. The second-order valence-corrected chi connectivity index (χ2v) is 5.71. The van der Waals surface area contributed by atoms with E-state index >= 15 is 0 Å². The molecule has 2 aromatic rings. The first-order valence-corrected chi connectivity index (χ1v) is 7.55. The zero-order valence-corrected chi connectivity index (χ0v) is 13.2. The number of nitrogens with one attached hydrogen (secondary N) is 2. The van der Waals surface area contributed by atoms with E-state index in [-0.39, 0.29) is 11.8 Å². The van der Waals surface area contributed by atoms with Crippen LogP contribution < -0.4 is 15.4 Å². The van der Waals surface area contributed by atoms with E-state index in [1.54, 1.807) is 37.3 Å². The monoisotopic (exact) mass is 330 g/mol. The first-order chi connectivity index (χ1) is 11.0. The molecule has 1 unspecified atom stereocenters. The molecule has 1 atom stereocenters. The molecule has 2 aromatic carbocycles. The Bertz CT molecular complexity index is 759. The predicted octanol–water partition coefficient (Wildman–Crippen LogP) is 2.99. The van der Waals surface area contributed by atoms with Gasteiger partial charge < -0.3 is 15.4 Å². The van der Waals surface area contributed by atoms with Gasteiger partial charge in [-0.05, 0) is 42.8 Å². The van der Waals surface area contributed by atoms with Crippen LogP contribution in [0.1, 0.15) is 22.8 Å². The summed E-state index contributed by atoms with van der Waals surface area (Å²) in [6.45, 7) is 2.07. The first-order valence-electron chi connectivity index (χ1n) is 7.17. The number of rotatable bonds is 3. The SMILES string of the molecule is CC1Oc2ccc(C(=O)NCc3ccc(Cl)cc3)cc2NC1=O. The highest BCUT2D eigenvalue weighted by Gasteiger charge is 2.24. The third kappa shape index (κ3) is 3.46. The van der Waals surface area contributed by atoms with Crippen LogP contribution in [0, 0.1) is 0 Å². The van der Waals surface area contributed by atoms with Gasteiger partial charge in [0.2, 0.25) is 0 Å². The summed E-state index contributed by atoms with van der Waals surface area (Å²) < 4.78 is 5.46. The molecule has 2 amide bonds. The van der Waals surface area contributed by atoms with Crippen molar-refractivity contribution in [1.82, 2.24) is 5.32 Å². The van der Waals surface area contributed by atoms with Gasteiger partial charge in [0.25, 0.3) is 11.8 Å². The maximum Gasteiger partial charge on any atom is 0.265 e. The van der Waals surface area contributed by atoms with Crippen LogP contribution in [0.3, 0.4) is 0 Å². The molecule has 0 fully saturated rings. The summed E-state index contributed by atoms with van der Waals surface area (Å²) in [5.41, 5.74) is 1.91. The summed E-state index contributed by atoms with van der Waals surface area (Å²) in [7, 11) is 0. The zero-order chi connectivity index (χ0) is 16.4. The lowest BCUT2D eigenvalue weighted by Gasteiger charge is -2.23. The number of benzene rings is 2. The average Bonchev–Trinajstić information content (AvgIpc) is 2.54. The van der Waals surface area contributed by atoms with Gasteiger partial charge in [-0.3, -0.25) is 9.59 Å². The molecular weight excluding hydrogens is 316 g/mol. The quantitative estimate of drug-likeness (QED) is 0.909. The second kappa shape index (κ2) is 6.30. The Morgan fingerprint density at radius 3 is 2.74 bits per heavy atom. The summed E-state index contributed by atoms with van der Waals surface area (Å²) in [6, 6.07) is 12.2. The van der Waals surface area contributed by atoms with E-state index < -0.39 is 6.10 Å². The lowest BCUT2D eigenvalue weighted by Crippen LogP contribution is -2.34. The lowest BCUT2D eigenvalue weighted by atomic mass is 10.1. The van der Waals surface area contributed by atoms with Crippen LogP contribution >= 0.6 is 11.6 Å². The zero-order valence-electron chi connectivity index (χ0n) is 12.4. The molecule has 5 nitrogen and oxygen atoms in total. The Morgan fingerprint density at radius 2 is 2.00 bits per heavy atom. The van der Waals surface area contributed by atoms with Crippen molar-refractivity contribution >= 4 is 29.1 Å². The molecule has 3 rings (SSSR count). The van der Waals surface area contributed by atoms with Crippen molar-refractivity contribution in [2.24, 2.45) is 0 Å². The third-order valence-electron chi connectivity index (χ3n) is 3.54. The van der Waals surface area contributed by atoms with E-state index in [2.05, 4.69) is 10.6 Å². The number of fused-ring (bicyclic) bond motifs is 1. The molecule has 23 heavy (non-hydrogen) atoms. The van der Waals surface area contributed by atoms with Crippen molar-refractivity contribution in [2.75, 3.05) is 5.32 Å². The minimum Gasteiger partial charge on any atom is -0.479 e. The molecule has 6 heteroatoms. The van der Waals surface area contributed by atoms with Gasteiger partial charge in [-0.25, -0.2) is 0 Å². The fraction of sp³-hybridized carbons (Fsp3) is 0.176. The number of amides is 2. The van der Waals surface area contributed by atoms with Crippen molar-refractivity contribution in [3.63, 3.8) is 0 Å². The van der Waals surface area contributed by atoms with Crippen LogP contribution in [0.25, 0.3) is 0 Å². The summed E-state index contributed by atoms with van der Waals surface area (Å²) in [4.78, 5) is 23.9. The van der Waals surface area contributed by atoms with Crippen molar-refractivity contribution in [3.8, 4) is 5.75 Å². The Balaban J connectivity index is 1.69. The molecule has 0 spiro atoms. The molecule has 0 aliphatic carbocycles. The van der Waals surface area contributed by atoms with Gasteiger partial charge in [0.15, 0.2) is 6.10 Å². The molecular formula is C17H15ClN2O3. The van der Waals surface area contributed by atoms with E-state index in [0.717, 1.165) is 5.56 Å². The molecule has 0 aromatic heterocycles. The number of anilines is 1. The summed E-state index contributed by atoms with van der Waals surface area (Å²) in [5, 5.41) is 6.20. The van der Waals surface area contributed by atoms with Gasteiger partial charge in [-0.2, -0.15) is 0 Å². The number of carbonyl (C=O) groups is 2. The molecule has 1 aliphatic heterocycles. The number of hydrogen-bond acceptors (Lipinski definition) is 3. The molecule has 1 heterocycles. The standard InChI is InChI=1S/C17H15ClN2O3/c1-10-16(21)20-14-8-12(4-7-15(14)23-10)17(22)19-9-11-2-5-13(18)6-3-11/h2-8,10H,9H2,1H3,(H,19,22)(H,20,21). The average molecular weight is 331 g/mol. The Morgan fingerprint density at radius 1 is 1.26 bits per heavy atom. The lowest BCUT2D eigenvalue weighted by molar-refractivity contribution is -0.122. The van der Waals surface area contributed by atoms with E-state index in [1.165, 1.54) is 0 Å². The molecule has 2 N–H and O–H groups in total. The van der Waals surface area contributed by atoms with Crippen LogP contribution in [0.4, 0.5) is 5.69 Å². The molecule has 1 aliphatic rings. The molecule has 0 radical (unpaired) electrons. The van der Waals surface area contributed by atoms with Crippen molar-refractivity contribution < 1.29 is 14.3 Å². The second-order valence-electron chi connectivity index (χ2n) is 5.27. The molecule has 0 bridgehead atoms. The van der Waals surface area contributed by atoms with Gasteiger partial charge >= 0.3 is 0 Å². The number of ether oxygens (including phenoxy) is 1. The van der Waals surface area contributed by atoms with Crippen LogP contribution in [-0.2, 0) is 11.3 Å². The van der Waals surface area contributed by atoms with Gasteiger partial charge in [-0.1, -0.05) is 23.7 Å². The van der Waals surface area contributed by atoms with E-state index in [4.69, 9.17) is 16.3 Å². The summed E-state index contributed by atoms with van der Waals surface area (Å²) in [6.07, 6.45) is -0.535. The van der Waals surface area contributed by atoms with E-state index in [0.29, 0.717) is 28.6 Å². The number of hydrogen-bond donors (Lipinski definition) is 2.